The van der Waals surface area contributed by atoms with Crippen LogP contribution in [0.15, 0.2) is 35.0 Å². The molecule has 5 heteroatoms. The van der Waals surface area contributed by atoms with Crippen LogP contribution in [-0.2, 0) is 28.1 Å². The second-order valence-corrected chi connectivity index (χ2v) is 11.4. The van der Waals surface area contributed by atoms with E-state index < -0.39 is 8.07 Å². The molecule has 0 amide bonds. The quantitative estimate of drug-likeness (QED) is 0.351. The van der Waals surface area contributed by atoms with E-state index in [0.29, 0.717) is 0 Å². The molecular formula is C17H23Cl3SiTi. The Labute approximate surface area is 170 Å². The van der Waals surface area contributed by atoms with Crippen LogP contribution in [0.3, 0.4) is 0 Å². The summed E-state index contributed by atoms with van der Waals surface area (Å²) in [5, 5.41) is 1.50. The molecule has 0 saturated heterocycles. The van der Waals surface area contributed by atoms with Gasteiger partial charge in [-0.15, -0.1) is 0 Å². The van der Waals surface area contributed by atoms with Crippen LogP contribution >= 0.6 is 0 Å². The molecule has 1 aromatic rings. The first-order chi connectivity index (χ1) is 8.36. The van der Waals surface area contributed by atoms with Crippen molar-refractivity contribution in [2.24, 2.45) is 0 Å². The van der Waals surface area contributed by atoms with Gasteiger partial charge in [0.1, 0.15) is 0 Å². The van der Waals surface area contributed by atoms with Gasteiger partial charge in [-0.1, -0.05) is 49.8 Å². The first-order valence-corrected chi connectivity index (χ1v) is 10.2. The number of allylic oxidation sites excluding steroid dienone is 4. The van der Waals surface area contributed by atoms with Crippen molar-refractivity contribution in [3.05, 3.63) is 57.8 Å². The minimum atomic E-state index is -1.18. The Morgan fingerprint density at radius 1 is 1.05 bits per heavy atom. The standard InChI is InChI=1S/C17H23Si.3ClH.Ti/c1-13-6-8-16(14(2)10-13)11-15-7-9-17(12-15)18(3,4)5;;;;/h6,8-10H,7,11H2,1-5H3;3*1H;/q-1;;;;+4/p-3. The first kappa shape index (κ1) is 27.4. The average Bonchev–Trinajstić information content (AvgIpc) is 2.70. The second-order valence-electron chi connectivity index (χ2n) is 6.41. The molecule has 0 saturated carbocycles. The SMILES string of the molecule is Cc1ccc(CC2=[C-]C([Si](C)(C)C)=CC2)c(C)c1.[Cl-].[Cl-].[Cl-].[Ti+4]. The van der Waals surface area contributed by atoms with Crippen LogP contribution in [0.2, 0.25) is 19.6 Å². The molecule has 0 heterocycles. The van der Waals surface area contributed by atoms with Gasteiger partial charge < -0.3 is 37.2 Å². The number of rotatable bonds is 3. The topological polar surface area (TPSA) is 0 Å². The molecule has 0 unspecified atom stereocenters. The fraction of sp³-hybridized carbons (Fsp3) is 0.412. The van der Waals surface area contributed by atoms with Crippen LogP contribution in [0, 0.1) is 19.9 Å². The van der Waals surface area contributed by atoms with E-state index >= 15 is 0 Å². The van der Waals surface area contributed by atoms with Gasteiger partial charge in [0.25, 0.3) is 0 Å². The van der Waals surface area contributed by atoms with Gasteiger partial charge >= 0.3 is 21.7 Å². The van der Waals surface area contributed by atoms with E-state index in [2.05, 4.69) is 63.8 Å². The average molecular weight is 410 g/mol. The molecule has 0 aliphatic heterocycles. The summed E-state index contributed by atoms with van der Waals surface area (Å²) in [4.78, 5) is 0. The van der Waals surface area contributed by atoms with Crippen molar-refractivity contribution in [3.63, 3.8) is 0 Å². The molecule has 0 fully saturated rings. The summed E-state index contributed by atoms with van der Waals surface area (Å²) < 4.78 is 0. The van der Waals surface area contributed by atoms with Gasteiger partial charge in [0.15, 0.2) is 0 Å². The van der Waals surface area contributed by atoms with E-state index in [-0.39, 0.29) is 58.9 Å². The molecule has 1 aliphatic rings. The second kappa shape index (κ2) is 11.1. The summed E-state index contributed by atoms with van der Waals surface area (Å²) in [6, 6.07) is 6.76. The summed E-state index contributed by atoms with van der Waals surface area (Å²) >= 11 is 0. The van der Waals surface area contributed by atoms with Crippen molar-refractivity contribution in [2.75, 3.05) is 0 Å². The van der Waals surface area contributed by atoms with E-state index in [4.69, 9.17) is 0 Å². The zero-order valence-corrected chi connectivity index (χ0v) is 18.7. The van der Waals surface area contributed by atoms with Crippen molar-refractivity contribution in [3.8, 4) is 0 Å². The van der Waals surface area contributed by atoms with Gasteiger partial charge in [0.05, 0.1) is 0 Å². The number of hydrogen-bond donors (Lipinski definition) is 0. The van der Waals surface area contributed by atoms with Gasteiger partial charge in [-0.3, -0.25) is 6.08 Å². The van der Waals surface area contributed by atoms with Crippen LogP contribution in [-0.4, -0.2) is 8.07 Å². The molecular weight excluding hydrogens is 386 g/mol. The van der Waals surface area contributed by atoms with Crippen molar-refractivity contribution < 1.29 is 58.9 Å². The third-order valence-electron chi connectivity index (χ3n) is 3.57. The predicted molar refractivity (Wildman–Crippen MR) is 82.4 cm³/mol. The molecule has 0 bridgehead atoms. The maximum absolute atomic E-state index is 3.66. The summed E-state index contributed by atoms with van der Waals surface area (Å²) in [5.41, 5.74) is 5.67. The van der Waals surface area contributed by atoms with Gasteiger partial charge in [-0.05, 0) is 31.4 Å². The van der Waals surface area contributed by atoms with Gasteiger partial charge in [0.2, 0.25) is 0 Å². The fourth-order valence-corrected chi connectivity index (χ4v) is 3.67. The van der Waals surface area contributed by atoms with Crippen molar-refractivity contribution in [1.82, 2.24) is 0 Å². The Morgan fingerprint density at radius 3 is 2.09 bits per heavy atom. The molecule has 22 heavy (non-hydrogen) atoms. The van der Waals surface area contributed by atoms with Gasteiger partial charge in [-0.2, -0.15) is 5.57 Å². The van der Waals surface area contributed by atoms with Crippen LogP contribution in [0.4, 0.5) is 0 Å². The number of halogens is 3. The maximum atomic E-state index is 3.66. The van der Waals surface area contributed by atoms with Gasteiger partial charge in [-0.25, -0.2) is 11.3 Å². The minimum Gasteiger partial charge on any atom is -1.00 e. The molecule has 1 aliphatic carbocycles. The zero-order valence-electron chi connectivity index (χ0n) is 13.9. The molecule has 120 valence electrons. The van der Waals surface area contributed by atoms with Crippen molar-refractivity contribution >= 4 is 8.07 Å². The molecule has 0 nitrogen and oxygen atoms in total. The predicted octanol–water partition coefficient (Wildman–Crippen LogP) is -4.21. The third-order valence-corrected chi connectivity index (χ3v) is 5.52. The van der Waals surface area contributed by atoms with Crippen LogP contribution in [0.1, 0.15) is 23.1 Å². The number of aryl methyl sites for hydroxylation is 2. The van der Waals surface area contributed by atoms with Crippen LogP contribution in [0.25, 0.3) is 0 Å². The normalized spacial score (nSPS) is 12.8. The Hall–Kier alpha value is 0.501. The Kier molecular flexibility index (Phi) is 13.8. The summed E-state index contributed by atoms with van der Waals surface area (Å²) in [6.45, 7) is 11.6. The maximum Gasteiger partial charge on any atom is 4.00 e. The Bertz CT molecular complexity index is 531. The van der Waals surface area contributed by atoms with Crippen LogP contribution < -0.4 is 37.2 Å². The Morgan fingerprint density at radius 2 is 1.64 bits per heavy atom. The Balaban J connectivity index is -0.000000902. The van der Waals surface area contributed by atoms with E-state index in [1.807, 2.05) is 0 Å². The van der Waals surface area contributed by atoms with E-state index in [1.54, 1.807) is 0 Å². The van der Waals surface area contributed by atoms with Crippen LogP contribution in [0.5, 0.6) is 0 Å². The molecule has 0 spiro atoms. The molecule has 1 aromatic carbocycles. The van der Waals surface area contributed by atoms with Gasteiger partial charge in [0, 0.05) is 8.07 Å². The number of benzene rings is 1. The zero-order chi connectivity index (χ0) is 13.3. The molecule has 0 atom stereocenters. The molecule has 0 N–H and O–H groups in total. The molecule has 0 radical (unpaired) electrons. The first-order valence-electron chi connectivity index (χ1n) is 6.75. The fourth-order valence-electron chi connectivity index (χ4n) is 2.40. The van der Waals surface area contributed by atoms with Crippen molar-refractivity contribution in [2.45, 2.75) is 46.3 Å². The third kappa shape index (κ3) is 7.38. The van der Waals surface area contributed by atoms with E-state index in [0.717, 1.165) is 12.8 Å². The molecule has 2 rings (SSSR count). The number of hydrogen-bond acceptors (Lipinski definition) is 0. The summed E-state index contributed by atoms with van der Waals surface area (Å²) in [6.07, 6.45) is 8.22. The summed E-state index contributed by atoms with van der Waals surface area (Å²) in [7, 11) is -1.18. The minimum absolute atomic E-state index is 0. The van der Waals surface area contributed by atoms with Crippen molar-refractivity contribution in [1.29, 1.82) is 0 Å². The monoisotopic (exact) mass is 408 g/mol. The van der Waals surface area contributed by atoms with E-state index in [9.17, 15) is 0 Å². The molecule has 0 aromatic heterocycles. The van der Waals surface area contributed by atoms with E-state index in [1.165, 1.54) is 27.5 Å². The summed E-state index contributed by atoms with van der Waals surface area (Å²) in [5.74, 6) is 0. The largest absolute Gasteiger partial charge is 4.00 e. The smallest absolute Gasteiger partial charge is 1.00 e.